The van der Waals surface area contributed by atoms with Gasteiger partial charge in [-0.05, 0) is 25.2 Å². The lowest BCUT2D eigenvalue weighted by Crippen LogP contribution is -2.17. The number of nitrogens with one attached hydrogen (secondary N) is 1. The third kappa shape index (κ3) is 2.54. The summed E-state index contributed by atoms with van der Waals surface area (Å²) in [5.74, 6) is 0. The maximum Gasteiger partial charge on any atom is 0.134 e. The minimum atomic E-state index is 0.235. The summed E-state index contributed by atoms with van der Waals surface area (Å²) < 4.78 is 6.45. The zero-order chi connectivity index (χ0) is 13.2. The van der Waals surface area contributed by atoms with Crippen LogP contribution in [-0.4, -0.2) is 7.05 Å². The number of thiophene rings is 1. The van der Waals surface area contributed by atoms with Gasteiger partial charge in [-0.1, -0.05) is 29.8 Å². The topological polar surface area (TPSA) is 25.2 Å². The number of hydrogen-bond acceptors (Lipinski definition) is 3. The molecule has 1 atom stereocenters. The van der Waals surface area contributed by atoms with Crippen molar-refractivity contribution in [1.29, 1.82) is 0 Å². The molecule has 1 N–H and O–H groups in total. The van der Waals surface area contributed by atoms with Crippen molar-refractivity contribution >= 4 is 33.9 Å². The number of fused-ring (bicyclic) bond motifs is 1. The molecule has 3 aromatic rings. The fourth-order valence-corrected chi connectivity index (χ4v) is 3.43. The summed E-state index contributed by atoms with van der Waals surface area (Å²) >= 11 is 7.62. The summed E-state index contributed by atoms with van der Waals surface area (Å²) in [6, 6.07) is 12.4. The van der Waals surface area contributed by atoms with Crippen LogP contribution in [0.15, 0.2) is 47.1 Å². The van der Waals surface area contributed by atoms with Gasteiger partial charge < -0.3 is 9.73 Å². The predicted octanol–water partition coefficient (Wildman–Crippen LogP) is 4.65. The lowest BCUT2D eigenvalue weighted by atomic mass is 10.0. The second-order valence-electron chi connectivity index (χ2n) is 4.44. The van der Waals surface area contributed by atoms with Crippen LogP contribution in [0, 0.1) is 0 Å². The van der Waals surface area contributed by atoms with Gasteiger partial charge >= 0.3 is 0 Å². The number of furan rings is 1. The molecule has 1 aromatic carbocycles. The average Bonchev–Trinajstić information content (AvgIpc) is 3.02. The Morgan fingerprint density at radius 2 is 2.11 bits per heavy atom. The van der Waals surface area contributed by atoms with Gasteiger partial charge in [0.05, 0.1) is 10.6 Å². The summed E-state index contributed by atoms with van der Waals surface area (Å²) in [7, 11) is 1.97. The number of likely N-dealkylation sites (N-methyl/N-ethyl adjacent to an activating group) is 1. The number of benzene rings is 1. The Balaban J connectivity index is 1.93. The smallest absolute Gasteiger partial charge is 0.134 e. The molecule has 3 rings (SSSR count). The first kappa shape index (κ1) is 12.7. The Hall–Kier alpha value is -1.29. The normalized spacial score (nSPS) is 12.9. The summed E-state index contributed by atoms with van der Waals surface area (Å²) in [6.07, 6.45) is 2.76. The molecule has 0 fully saturated rings. The average molecular weight is 292 g/mol. The molecule has 0 radical (unpaired) electrons. The highest BCUT2D eigenvalue weighted by atomic mass is 35.5. The zero-order valence-electron chi connectivity index (χ0n) is 10.5. The van der Waals surface area contributed by atoms with Crippen LogP contribution < -0.4 is 5.32 Å². The molecule has 19 heavy (non-hydrogen) atoms. The van der Waals surface area contributed by atoms with Crippen molar-refractivity contribution in [2.45, 2.75) is 12.5 Å². The van der Waals surface area contributed by atoms with Crippen molar-refractivity contribution in [3.63, 3.8) is 0 Å². The van der Waals surface area contributed by atoms with Gasteiger partial charge in [-0.25, -0.2) is 0 Å². The summed E-state index contributed by atoms with van der Waals surface area (Å²) in [4.78, 5) is 1.27. The van der Waals surface area contributed by atoms with E-state index < -0.39 is 0 Å². The van der Waals surface area contributed by atoms with Crippen molar-refractivity contribution in [1.82, 2.24) is 5.32 Å². The number of halogens is 1. The Labute approximate surface area is 121 Å². The second kappa shape index (κ2) is 5.37. The minimum Gasteiger partial charge on any atom is -0.464 e. The molecule has 0 bridgehead atoms. The van der Waals surface area contributed by atoms with E-state index in [9.17, 15) is 0 Å². The van der Waals surface area contributed by atoms with Crippen LogP contribution in [0.25, 0.3) is 11.0 Å². The molecular weight excluding hydrogens is 278 g/mol. The van der Waals surface area contributed by atoms with Gasteiger partial charge in [0.25, 0.3) is 0 Å². The molecule has 2 aromatic heterocycles. The Bertz CT molecular complexity index is 688. The molecule has 4 heteroatoms. The van der Waals surface area contributed by atoms with E-state index in [0.717, 1.165) is 16.3 Å². The molecule has 2 heterocycles. The third-order valence-corrected chi connectivity index (χ3v) is 4.52. The third-order valence-electron chi connectivity index (χ3n) is 3.27. The van der Waals surface area contributed by atoms with E-state index in [1.807, 2.05) is 37.6 Å². The van der Waals surface area contributed by atoms with Crippen LogP contribution in [-0.2, 0) is 6.42 Å². The van der Waals surface area contributed by atoms with Gasteiger partial charge in [0.15, 0.2) is 0 Å². The van der Waals surface area contributed by atoms with Gasteiger partial charge in [0, 0.05) is 28.3 Å². The molecule has 1 unspecified atom stereocenters. The highest BCUT2D eigenvalue weighted by molar-refractivity contribution is 7.16. The molecule has 0 saturated heterocycles. The van der Waals surface area contributed by atoms with Crippen LogP contribution in [0.4, 0.5) is 0 Å². The SMILES string of the molecule is CNC(Cc1ccc(Cl)s1)c1coc2ccccc12. The van der Waals surface area contributed by atoms with Crippen LogP contribution >= 0.6 is 22.9 Å². The fourth-order valence-electron chi connectivity index (χ4n) is 2.30. The second-order valence-corrected chi connectivity index (χ2v) is 6.24. The molecule has 98 valence electrons. The van der Waals surface area contributed by atoms with Crippen molar-refractivity contribution in [2.24, 2.45) is 0 Å². The molecule has 2 nitrogen and oxygen atoms in total. The summed E-state index contributed by atoms with van der Waals surface area (Å²) in [5.41, 5.74) is 2.13. The maximum absolute atomic E-state index is 5.99. The Morgan fingerprint density at radius 3 is 2.84 bits per heavy atom. The lowest BCUT2D eigenvalue weighted by molar-refractivity contribution is 0.566. The number of rotatable bonds is 4. The van der Waals surface area contributed by atoms with Crippen molar-refractivity contribution in [2.75, 3.05) is 7.05 Å². The zero-order valence-corrected chi connectivity index (χ0v) is 12.1. The molecule has 0 amide bonds. The van der Waals surface area contributed by atoms with E-state index in [2.05, 4.69) is 17.4 Å². The van der Waals surface area contributed by atoms with Crippen LogP contribution in [0.2, 0.25) is 4.34 Å². The van der Waals surface area contributed by atoms with Crippen LogP contribution in [0.1, 0.15) is 16.5 Å². The van der Waals surface area contributed by atoms with E-state index in [0.29, 0.717) is 0 Å². The fraction of sp³-hybridized carbons (Fsp3) is 0.200. The summed E-state index contributed by atoms with van der Waals surface area (Å²) in [6.45, 7) is 0. The van der Waals surface area contributed by atoms with Crippen LogP contribution in [0.5, 0.6) is 0 Å². The van der Waals surface area contributed by atoms with Gasteiger partial charge in [-0.15, -0.1) is 11.3 Å². The van der Waals surface area contributed by atoms with E-state index in [1.54, 1.807) is 11.3 Å². The van der Waals surface area contributed by atoms with E-state index >= 15 is 0 Å². The quantitative estimate of drug-likeness (QED) is 0.757. The first-order valence-corrected chi connectivity index (χ1v) is 7.35. The maximum atomic E-state index is 5.99. The van der Waals surface area contributed by atoms with E-state index in [-0.39, 0.29) is 6.04 Å². The number of hydrogen-bond donors (Lipinski definition) is 1. The monoisotopic (exact) mass is 291 g/mol. The number of para-hydroxylation sites is 1. The largest absolute Gasteiger partial charge is 0.464 e. The molecule has 0 aliphatic heterocycles. The lowest BCUT2D eigenvalue weighted by Gasteiger charge is -2.13. The predicted molar refractivity (Wildman–Crippen MR) is 81.0 cm³/mol. The summed E-state index contributed by atoms with van der Waals surface area (Å²) in [5, 5.41) is 4.53. The van der Waals surface area contributed by atoms with Crippen molar-refractivity contribution in [3.05, 3.63) is 57.4 Å². The Kier molecular flexibility index (Phi) is 3.60. The van der Waals surface area contributed by atoms with E-state index in [4.69, 9.17) is 16.0 Å². The van der Waals surface area contributed by atoms with Gasteiger partial charge in [0.2, 0.25) is 0 Å². The van der Waals surface area contributed by atoms with E-state index in [1.165, 1.54) is 15.8 Å². The van der Waals surface area contributed by atoms with Gasteiger partial charge in [0.1, 0.15) is 5.58 Å². The molecule has 0 aliphatic carbocycles. The standard InChI is InChI=1S/C15H14ClNOS/c1-17-13(8-10-6-7-15(16)19-10)12-9-18-14-5-3-2-4-11(12)14/h2-7,9,13,17H,8H2,1H3. The molecule has 0 aliphatic rings. The Morgan fingerprint density at radius 1 is 1.26 bits per heavy atom. The van der Waals surface area contributed by atoms with Gasteiger partial charge in [-0.3, -0.25) is 0 Å². The molecule has 0 saturated carbocycles. The highest BCUT2D eigenvalue weighted by Gasteiger charge is 2.16. The molecule has 0 spiro atoms. The highest BCUT2D eigenvalue weighted by Crippen LogP contribution is 2.31. The van der Waals surface area contributed by atoms with Crippen LogP contribution in [0.3, 0.4) is 0 Å². The van der Waals surface area contributed by atoms with Crippen molar-refractivity contribution in [3.8, 4) is 0 Å². The molecular formula is C15H14ClNOS. The van der Waals surface area contributed by atoms with Gasteiger partial charge in [-0.2, -0.15) is 0 Å². The first-order chi connectivity index (χ1) is 9.28. The first-order valence-electron chi connectivity index (χ1n) is 6.15. The minimum absolute atomic E-state index is 0.235. The van der Waals surface area contributed by atoms with Crippen molar-refractivity contribution < 1.29 is 4.42 Å².